The van der Waals surface area contributed by atoms with Gasteiger partial charge in [-0.2, -0.15) is 0 Å². The molecule has 0 fully saturated rings. The van der Waals surface area contributed by atoms with Crippen molar-refractivity contribution < 1.29 is 312 Å². The van der Waals surface area contributed by atoms with Crippen LogP contribution >= 0.6 is 24.0 Å². The van der Waals surface area contributed by atoms with Crippen molar-refractivity contribution in [2.75, 3.05) is 0 Å². The van der Waals surface area contributed by atoms with Gasteiger partial charge in [0, 0.05) is 259 Å². The van der Waals surface area contributed by atoms with E-state index in [-0.39, 0.29) is 336 Å². The Morgan fingerprint density at radius 1 is 1.50 bits per heavy atom. The van der Waals surface area contributed by atoms with E-state index in [4.69, 9.17) is 0 Å². The van der Waals surface area contributed by atoms with Crippen LogP contribution < -0.4 is 51.4 Å². The summed E-state index contributed by atoms with van der Waals surface area (Å²) in [5, 5.41) is 0. The van der Waals surface area contributed by atoms with Crippen LogP contribution in [0.1, 0.15) is 218 Å². The summed E-state index contributed by atoms with van der Waals surface area (Å²) in [7, 11) is 0. The Labute approximate surface area is 341 Å². The second kappa shape index (κ2) is 15.9. The van der Waals surface area contributed by atoms with Crippen LogP contribution in [-0.2, 0) is 42.1 Å². The Morgan fingerprint density at radius 3 is 1.50 bits per heavy atom. The van der Waals surface area contributed by atoms with Crippen molar-refractivity contribution in [1.29, 1.82) is 0 Å². The summed E-state index contributed by atoms with van der Waals surface area (Å²) >= 11 is 0. The minimum absolute atomic E-state index is 0. The van der Waals surface area contributed by atoms with Crippen LogP contribution in [0.4, 0.5) is 0 Å². The van der Waals surface area contributed by atoms with E-state index in [1.54, 1.807) is 0 Å². The smallest absolute Gasteiger partial charge is 1.00 e. The third kappa shape index (κ3) is 9.22. The fourth-order valence-corrected chi connectivity index (χ4v) is 0. The summed E-state index contributed by atoms with van der Waals surface area (Å²) in [4.78, 5) is 0. The summed E-state index contributed by atoms with van der Waals surface area (Å²) in [5.41, 5.74) is 0. The normalized spacial score (nSPS) is 0. The molecule has 0 rings (SSSR count). The van der Waals surface area contributed by atoms with E-state index in [1.165, 1.54) is 0 Å². The summed E-state index contributed by atoms with van der Waals surface area (Å²) in [6, 6.07) is 0. The molecule has 0 aliphatic carbocycles. The average molecular weight is 844 g/mol. The first-order chi connectivity index (χ1) is 0. The Hall–Kier alpha value is 3.74. The van der Waals surface area contributed by atoms with Crippen molar-refractivity contribution in [3.63, 3.8) is 0 Å². The van der Waals surface area contributed by atoms with Crippen molar-refractivity contribution in [1.82, 2.24) is 0 Å². The van der Waals surface area contributed by atoms with Gasteiger partial charge in [0.05, 0.1) is 0 Å². The predicted octanol–water partition coefficient (Wildman–Crippen LogP) is 35.1. The molecule has 0 spiro atoms. The Bertz CT molecular complexity index is 32.9. The maximum absolute atomic E-state index is 0. The molecule has 0 aliphatic heterocycles. The van der Waals surface area contributed by atoms with E-state index in [0.717, 1.165) is 0 Å². The van der Waals surface area contributed by atoms with Crippen LogP contribution in [0, 0.1) is 0 Å². The van der Waals surface area contributed by atoms with Gasteiger partial charge < -0.3 is 1.43 Å². The number of hydrogen-bond acceptors (Lipinski definition) is 0. The zero-order valence-electron chi connectivity index (χ0n) is 3.22. The van der Waals surface area contributed by atoms with Gasteiger partial charge in [0.1, 0.15) is 0 Å². The molecule has 0 saturated heterocycles. The molecule has 0 amide bonds. The van der Waals surface area contributed by atoms with Gasteiger partial charge in [-0.05, 0) is 0 Å². The van der Waals surface area contributed by atoms with Gasteiger partial charge in [-0.1, -0.05) is 0 Å². The number of rotatable bonds is 0. The molecule has 0 heterocycles. The van der Waals surface area contributed by atoms with Crippen molar-refractivity contribution >= 4 is 24.0 Å². The van der Waals surface area contributed by atoms with Crippen LogP contribution in [0.2, 0.25) is 0 Å². The number of hydrogen-bond donors (Lipinski definition) is 0. The second-order valence-corrected chi connectivity index (χ2v) is 0. The van der Waals surface area contributed by atoms with E-state index < -0.39 is 0 Å². The van der Waals surface area contributed by atoms with E-state index >= 15 is 0 Å². The van der Waals surface area contributed by atoms with Gasteiger partial charge in [-0.25, -0.2) is 0 Å². The first-order valence-electron chi connectivity index (χ1n) is 0. The van der Waals surface area contributed by atoms with E-state index in [2.05, 4.69) is 0 Å². The topological polar surface area (TPSA) is 0 Å². The summed E-state index contributed by atoms with van der Waals surface area (Å²) in [6.45, 7) is 0. The molecule has 0 saturated carbocycles. The largest absolute Gasteiger partial charge is 1.00 e. The van der Waals surface area contributed by atoms with Crippen LogP contribution in [0.25, 0.3) is 0 Å². The average Bonchev–Trinajstić information content (AvgIpc) is 0. The molecule has 0 nitrogen and oxygen atoms in total. The molecule has 0 radical (unpaired) electrons. The molecule has 0 bridgehead atoms. The SMILES string of the molecule is I.[2HH].[2HH].[H-].[HH].[HH].[HH].[HH].[HH].[HH].[HH].[HH].[HH].[HH].[HH].[HH].[HH].[HH].[HH].[HH].[HH].[HH].[HH].[HH].[HH].[HH].[HH].[HH].[HH].[HH].[HH].[HH].[HH].[HH].[HH].[HH].[HH].[HH].[HH].[HH].[HH].[HH].[HH].[HH].[HH].[HH].[HH].[HH].[HH].[HH].[HH].[HH].[HH].[HH].[HH].[HH].[HH].[HH].[HH].[HH].[HH].[HH].[HH].[HH].[HH].[HH].[HH].[HH].[HH].[HH].[HH].[HH].[HH].[HH].[HH].[HH].[HH].[HH].[HH].[HH].[HH].[HH].[HH].[HH].[HH].[HH].[HH].[HH].[HH].[HH].[HH].[HH].[HH].[HH].[HH].[HH].[HH].[HH].[HH].[HH].[HH].[HH].[HH].[HH].[HH].[HH].[HH].[HH].[HH].[HH].[HH].[HH].[HH].[HH].[HH].[HH].[HH].[HH].[HH].[HH].[HH].[HH].[HH].[HH].[HH].[HH].[HH].[HH].[HH].[HH].[HH].[HH].[HH].[HH].[HH].[HH].[HH].[HH].[HH].[HH].[HH].[HH].[HH].[HH].[HH].[HH].[HH].[HH].[HH].[HH].[HH].[HH].[HH].[HH].[K+].[W].[W]. The van der Waals surface area contributed by atoms with Gasteiger partial charge in [-0.15, -0.1) is 24.0 Å². The molecule has 4 heteroatoms. The van der Waals surface area contributed by atoms with Crippen molar-refractivity contribution in [2.45, 2.75) is 0 Å². The van der Waals surface area contributed by atoms with Gasteiger partial charge >= 0.3 is 51.4 Å². The third-order valence-electron chi connectivity index (χ3n) is 0. The van der Waals surface area contributed by atoms with Gasteiger partial charge in [0.2, 0.25) is 0 Å². The standard InChI is InChI=1S/HI.K.2W.152H2.H/h1H;;;;152*1H;/q;+1;;;;;;;;;;;;;;;;;;;;;;;;;;;;;;;;;;;;;;;;;;;;;;;;;;;;;;;;;;;;;;;;;;;;;;;;;;;;;;;;;;;;;;;;;;;;;;;;;;;;;;;;;;;;;;;;;;;;;;;;;;;;;;;;;;;;;;;;;;;;;;;;;;;;;;;;;;;-1/i;;;;2*1+1;;;;;;;;;;;;;;;;;;;;;;;;;;;;;;;;;;;;;;;;;;;;;;;;;;;;;;;;;;;;;;;;;;;;;;;;;;;;;;;;;;;;;;;;;;;;;;;;;;;;;;;;;;;;;;;;;;;;;;;;;;;;;;;;;;;;;;;;;;;;;;;;;;;;;;;. The van der Waals surface area contributed by atoms with Crippen molar-refractivity contribution in [2.24, 2.45) is 0 Å². The fraction of sp³-hybridized carbons (Fsp3) is 0. The maximum Gasteiger partial charge on any atom is 1.00 e. The van der Waals surface area contributed by atoms with E-state index in [9.17, 15) is 0 Å². The Balaban J connectivity index is 0. The first-order valence-corrected chi connectivity index (χ1v) is 0. The van der Waals surface area contributed by atoms with Crippen molar-refractivity contribution in [3.05, 3.63) is 0 Å². The monoisotopic (exact) mass is 844 g/mol. The molecule has 0 aromatic carbocycles. The second-order valence-electron chi connectivity index (χ2n) is 0. The molecular formula is H306IKW2. The predicted molar refractivity (Wildman–Crippen MR) is 338 cm³/mol. The molecule has 0 aromatic rings. The zero-order chi connectivity index (χ0) is 0. The van der Waals surface area contributed by atoms with Gasteiger partial charge in [0.25, 0.3) is 0 Å². The summed E-state index contributed by atoms with van der Waals surface area (Å²) in [5.74, 6) is 0. The molecule has 0 N–H and O–H groups in total. The van der Waals surface area contributed by atoms with E-state index in [1.807, 2.05) is 0 Å². The molecule has 0 unspecified atom stereocenters. The Kier molecular flexibility index (Phi) is 99.7. The summed E-state index contributed by atoms with van der Waals surface area (Å²) < 4.78 is 0. The maximum atomic E-state index is 0. The minimum atomic E-state index is 0. The quantitative estimate of drug-likeness (QED) is 0.168. The summed E-state index contributed by atoms with van der Waals surface area (Å²) in [6.07, 6.45) is 0. The van der Waals surface area contributed by atoms with Crippen LogP contribution in [-0.4, -0.2) is 0 Å². The zero-order valence-corrected chi connectivity index (χ0v) is 13.5. The van der Waals surface area contributed by atoms with Crippen molar-refractivity contribution in [3.8, 4) is 0 Å². The molecule has 4 heavy (non-hydrogen) atoms. The van der Waals surface area contributed by atoms with Crippen LogP contribution in [0.15, 0.2) is 0 Å². The van der Waals surface area contributed by atoms with E-state index in [0.29, 0.717) is 0 Å². The molecule has 0 aliphatic rings. The number of halogens is 1. The fourth-order valence-electron chi connectivity index (χ4n) is 0. The molecular weight excluding hydrogens is 534 g/mol. The van der Waals surface area contributed by atoms with Gasteiger partial charge in [-0.3, -0.25) is 0 Å². The Morgan fingerprint density at radius 2 is 1.50 bits per heavy atom. The van der Waals surface area contributed by atoms with Crippen LogP contribution in [0.3, 0.4) is 0 Å². The molecule has 326 valence electrons. The third-order valence-corrected chi connectivity index (χ3v) is 0. The first kappa shape index (κ1) is 25.1. The van der Waals surface area contributed by atoms with Gasteiger partial charge in [0.15, 0.2) is 0 Å². The molecule has 0 atom stereocenters. The molecule has 0 aromatic heterocycles. The minimum Gasteiger partial charge on any atom is -1.00 e. The van der Waals surface area contributed by atoms with Crippen LogP contribution in [0.5, 0.6) is 0 Å².